The summed E-state index contributed by atoms with van der Waals surface area (Å²) in [6, 6.07) is 9.56. The van der Waals surface area contributed by atoms with E-state index in [1.807, 2.05) is 6.07 Å². The van der Waals surface area contributed by atoms with Crippen LogP contribution >= 0.6 is 0 Å². The second-order valence-corrected chi connectivity index (χ2v) is 1.65. The Hall–Kier alpha value is -0.386. The molecule has 2 nitrogen and oxygen atoms in total. The molecule has 0 aliphatic heterocycles. The van der Waals surface area contributed by atoms with Gasteiger partial charge in [-0.05, 0) is 6.07 Å². The number of nitriles is 1. The van der Waals surface area contributed by atoms with Gasteiger partial charge in [0, 0.05) is 32.7 Å². The molecule has 0 aliphatic carbocycles. The van der Waals surface area contributed by atoms with Crippen LogP contribution in [0.5, 0.6) is 0 Å². The van der Waals surface area contributed by atoms with Crippen molar-refractivity contribution in [3.05, 3.63) is 29.8 Å². The molecule has 10 heavy (non-hydrogen) atoms. The monoisotopic (exact) mass is 206 g/mol. The topological polar surface area (TPSA) is 49.8 Å². The zero-order valence-corrected chi connectivity index (χ0v) is 8.17. The molecule has 0 bridgehead atoms. The molecule has 0 saturated heterocycles. The van der Waals surface area contributed by atoms with Crippen molar-refractivity contribution in [2.45, 2.75) is 0 Å². The van der Waals surface area contributed by atoms with Crippen LogP contribution in [0.4, 0.5) is 5.69 Å². The zero-order valence-electron chi connectivity index (χ0n) is 5.33. The Morgan fingerprint density at radius 1 is 1.60 bits per heavy atom. The Morgan fingerprint density at radius 3 is 2.70 bits per heavy atom. The van der Waals surface area contributed by atoms with Crippen LogP contribution < -0.4 is 5.73 Å². The first kappa shape index (κ1) is 9.61. The average molecular weight is 206 g/mol. The molecule has 3 heteroatoms. The van der Waals surface area contributed by atoms with E-state index in [2.05, 4.69) is 6.07 Å². The van der Waals surface area contributed by atoms with Crippen LogP contribution in [-0.2, 0) is 32.7 Å². The van der Waals surface area contributed by atoms with Gasteiger partial charge in [-0.3, -0.25) is 5.26 Å². The third kappa shape index (κ3) is 2.47. The Bertz CT molecular complexity index is 252. The minimum Gasteiger partial charge on any atom is -0.414 e. The molecule has 0 fully saturated rings. The first-order chi connectivity index (χ1) is 4.33. The van der Waals surface area contributed by atoms with Crippen molar-refractivity contribution in [3.63, 3.8) is 0 Å². The molecule has 47 valence electrons. The maximum atomic E-state index is 8.33. The SMILES string of the molecule is N#Cc1[c-]ccc(N)c1.[Y]. The van der Waals surface area contributed by atoms with Gasteiger partial charge in [0.25, 0.3) is 0 Å². The van der Waals surface area contributed by atoms with Crippen LogP contribution in [0, 0.1) is 17.4 Å². The van der Waals surface area contributed by atoms with Crippen molar-refractivity contribution in [2.75, 3.05) is 5.73 Å². The molecule has 0 saturated carbocycles. The van der Waals surface area contributed by atoms with Crippen LogP contribution in [0.2, 0.25) is 0 Å². The summed E-state index contributed by atoms with van der Waals surface area (Å²) < 4.78 is 0. The first-order valence-electron chi connectivity index (χ1n) is 2.50. The number of nitrogens with zero attached hydrogens (tertiary/aromatic N) is 1. The predicted octanol–water partition coefficient (Wildman–Crippen LogP) is 0.938. The molecular weight excluding hydrogens is 201 g/mol. The quantitative estimate of drug-likeness (QED) is 0.507. The summed E-state index contributed by atoms with van der Waals surface area (Å²) in [7, 11) is 0. The minimum absolute atomic E-state index is 0. The van der Waals surface area contributed by atoms with Gasteiger partial charge in [-0.2, -0.15) is 0 Å². The van der Waals surface area contributed by atoms with Crippen LogP contribution in [0.3, 0.4) is 0 Å². The first-order valence-corrected chi connectivity index (χ1v) is 2.50. The van der Waals surface area contributed by atoms with Gasteiger partial charge in [-0.1, -0.05) is 11.3 Å². The van der Waals surface area contributed by atoms with E-state index < -0.39 is 0 Å². The smallest absolute Gasteiger partial charge is 0 e. The molecule has 1 aromatic carbocycles. The van der Waals surface area contributed by atoms with Crippen LogP contribution in [0.15, 0.2) is 18.2 Å². The van der Waals surface area contributed by atoms with Gasteiger partial charge in [0.2, 0.25) is 0 Å². The molecule has 0 heterocycles. The molecule has 0 amide bonds. The van der Waals surface area contributed by atoms with Crippen molar-refractivity contribution in [2.24, 2.45) is 0 Å². The van der Waals surface area contributed by atoms with Gasteiger partial charge in [0.05, 0.1) is 0 Å². The minimum atomic E-state index is 0. The average Bonchev–Trinajstić information content (AvgIpc) is 1.88. The summed E-state index contributed by atoms with van der Waals surface area (Å²) in [5.74, 6) is 0. The van der Waals surface area contributed by atoms with Crippen molar-refractivity contribution in [3.8, 4) is 6.07 Å². The van der Waals surface area contributed by atoms with Gasteiger partial charge in [0.1, 0.15) is 0 Å². The Balaban J connectivity index is 0.000000810. The molecular formula is C7H5N2Y-. The number of nitrogens with two attached hydrogens (primary N) is 1. The van der Waals surface area contributed by atoms with E-state index in [1.165, 1.54) is 0 Å². The van der Waals surface area contributed by atoms with E-state index in [4.69, 9.17) is 11.0 Å². The third-order valence-electron chi connectivity index (χ3n) is 0.946. The Morgan fingerprint density at radius 2 is 2.30 bits per heavy atom. The molecule has 0 aliphatic rings. The normalized spacial score (nSPS) is 7.50. The Kier molecular flexibility index (Phi) is 4.26. The fourth-order valence-corrected chi connectivity index (χ4v) is 0.549. The summed E-state index contributed by atoms with van der Waals surface area (Å²) >= 11 is 0. The van der Waals surface area contributed by atoms with Crippen LogP contribution in [0.1, 0.15) is 5.56 Å². The van der Waals surface area contributed by atoms with E-state index in [0.717, 1.165) is 0 Å². The van der Waals surface area contributed by atoms with Crippen molar-refractivity contribution in [1.29, 1.82) is 5.26 Å². The fourth-order valence-electron chi connectivity index (χ4n) is 0.549. The van der Waals surface area contributed by atoms with Crippen molar-refractivity contribution >= 4 is 5.69 Å². The molecule has 1 aromatic rings. The van der Waals surface area contributed by atoms with Gasteiger partial charge in [-0.15, -0.1) is 24.3 Å². The largest absolute Gasteiger partial charge is 0.414 e. The standard InChI is InChI=1S/C7H5N2.Y/c8-5-6-2-1-3-7(9)4-6;/h1,3-4H,9H2;/q-1;. The molecule has 0 aromatic heterocycles. The summed E-state index contributed by atoms with van der Waals surface area (Å²) in [4.78, 5) is 0. The summed E-state index contributed by atoms with van der Waals surface area (Å²) in [5.41, 5.74) is 6.45. The van der Waals surface area contributed by atoms with Gasteiger partial charge in [-0.25, -0.2) is 0 Å². The second kappa shape index (κ2) is 4.43. The van der Waals surface area contributed by atoms with E-state index in [1.54, 1.807) is 18.2 Å². The van der Waals surface area contributed by atoms with Crippen molar-refractivity contribution in [1.82, 2.24) is 0 Å². The van der Waals surface area contributed by atoms with Gasteiger partial charge >= 0.3 is 0 Å². The van der Waals surface area contributed by atoms with E-state index in [0.29, 0.717) is 11.3 Å². The molecule has 0 spiro atoms. The Labute approximate surface area is 84.9 Å². The fraction of sp³-hybridized carbons (Fsp3) is 0. The van der Waals surface area contributed by atoms with Crippen LogP contribution in [0.25, 0.3) is 0 Å². The van der Waals surface area contributed by atoms with E-state index in [-0.39, 0.29) is 32.7 Å². The number of benzene rings is 1. The molecule has 1 radical (unpaired) electrons. The predicted molar refractivity (Wildman–Crippen MR) is 34.4 cm³/mol. The maximum absolute atomic E-state index is 8.33. The third-order valence-corrected chi connectivity index (χ3v) is 0.946. The molecule has 1 rings (SSSR count). The maximum Gasteiger partial charge on any atom is 0 e. The van der Waals surface area contributed by atoms with E-state index in [9.17, 15) is 0 Å². The number of nitrogen functional groups attached to an aromatic ring is 1. The van der Waals surface area contributed by atoms with Crippen LogP contribution in [-0.4, -0.2) is 0 Å². The summed E-state index contributed by atoms with van der Waals surface area (Å²) in [6.45, 7) is 0. The number of hydrogen-bond donors (Lipinski definition) is 1. The number of rotatable bonds is 0. The van der Waals surface area contributed by atoms with Gasteiger partial charge < -0.3 is 5.73 Å². The second-order valence-electron chi connectivity index (χ2n) is 1.65. The summed E-state index contributed by atoms with van der Waals surface area (Å²) in [6.07, 6.45) is 0. The summed E-state index contributed by atoms with van der Waals surface area (Å²) in [5, 5.41) is 8.33. The number of anilines is 1. The number of hydrogen-bond acceptors (Lipinski definition) is 2. The molecule has 0 unspecified atom stereocenters. The molecule has 0 atom stereocenters. The van der Waals surface area contributed by atoms with E-state index >= 15 is 0 Å². The van der Waals surface area contributed by atoms with Gasteiger partial charge in [0.15, 0.2) is 0 Å². The zero-order chi connectivity index (χ0) is 6.69. The van der Waals surface area contributed by atoms with Crippen molar-refractivity contribution < 1.29 is 32.7 Å². The molecule has 2 N–H and O–H groups in total.